The summed E-state index contributed by atoms with van der Waals surface area (Å²) >= 11 is 1.65. The Hall–Kier alpha value is -1.88. The number of nitrogens with two attached hydrogens (primary N) is 1. The quantitative estimate of drug-likeness (QED) is 0.669. The third kappa shape index (κ3) is 1.68. The smallest absolute Gasteiger partial charge is 0.0907 e. The van der Waals surface area contributed by atoms with E-state index in [-0.39, 0.29) is 0 Å². The summed E-state index contributed by atoms with van der Waals surface area (Å²) in [7, 11) is 0. The summed E-state index contributed by atoms with van der Waals surface area (Å²) in [6.45, 7) is 4.00. The molecule has 0 saturated heterocycles. The lowest BCUT2D eigenvalue weighted by Crippen LogP contribution is -1.99. The Labute approximate surface area is 103 Å². The van der Waals surface area contributed by atoms with Gasteiger partial charge in [0.25, 0.3) is 0 Å². The fraction of sp³-hybridized carbons (Fsp3) is 0.167. The zero-order valence-corrected chi connectivity index (χ0v) is 10.5. The van der Waals surface area contributed by atoms with Crippen molar-refractivity contribution in [3.8, 4) is 5.69 Å². The predicted molar refractivity (Wildman–Crippen MR) is 70.6 cm³/mol. The average molecular weight is 244 g/mol. The lowest BCUT2D eigenvalue weighted by atomic mass is 10.2. The molecule has 0 fully saturated rings. The van der Waals surface area contributed by atoms with E-state index >= 15 is 0 Å². The molecule has 0 atom stereocenters. The van der Waals surface area contributed by atoms with E-state index in [2.05, 4.69) is 10.1 Å². The zero-order valence-electron chi connectivity index (χ0n) is 9.64. The molecular weight excluding hydrogens is 232 g/mol. The minimum absolute atomic E-state index is 0.726. The van der Waals surface area contributed by atoms with Gasteiger partial charge in [0.1, 0.15) is 0 Å². The van der Waals surface area contributed by atoms with Gasteiger partial charge in [0.05, 0.1) is 32.8 Å². The largest absolute Gasteiger partial charge is 0.397 e. The topological polar surface area (TPSA) is 56.7 Å². The molecular formula is C12H12N4S. The summed E-state index contributed by atoms with van der Waals surface area (Å²) in [5.41, 5.74) is 9.75. The van der Waals surface area contributed by atoms with E-state index in [0.717, 1.165) is 32.2 Å². The second-order valence-electron chi connectivity index (χ2n) is 4.07. The van der Waals surface area contributed by atoms with Crippen LogP contribution in [0.2, 0.25) is 0 Å². The van der Waals surface area contributed by atoms with E-state index in [0.29, 0.717) is 0 Å². The van der Waals surface area contributed by atoms with Crippen molar-refractivity contribution in [3.63, 3.8) is 0 Å². The van der Waals surface area contributed by atoms with Gasteiger partial charge in [-0.05, 0) is 31.5 Å². The highest BCUT2D eigenvalue weighted by molar-refractivity contribution is 7.18. The average Bonchev–Trinajstić information content (AvgIpc) is 2.82. The van der Waals surface area contributed by atoms with Gasteiger partial charge in [-0.3, -0.25) is 0 Å². The first-order valence-electron chi connectivity index (χ1n) is 5.32. The number of aromatic nitrogens is 3. The first kappa shape index (κ1) is 10.3. The van der Waals surface area contributed by atoms with Crippen molar-refractivity contribution in [2.45, 2.75) is 13.8 Å². The minimum atomic E-state index is 0.726. The number of thiazole rings is 1. The van der Waals surface area contributed by atoms with Crippen LogP contribution in [0, 0.1) is 13.8 Å². The summed E-state index contributed by atoms with van der Waals surface area (Å²) in [4.78, 5) is 4.47. The van der Waals surface area contributed by atoms with Crippen molar-refractivity contribution in [2.75, 3.05) is 5.73 Å². The van der Waals surface area contributed by atoms with Gasteiger partial charge in [0, 0.05) is 6.20 Å². The van der Waals surface area contributed by atoms with Crippen LogP contribution in [0.15, 0.2) is 24.5 Å². The number of rotatable bonds is 1. The van der Waals surface area contributed by atoms with E-state index in [9.17, 15) is 0 Å². The fourth-order valence-corrected chi connectivity index (χ4v) is 2.69. The van der Waals surface area contributed by atoms with E-state index in [1.807, 2.05) is 38.4 Å². The van der Waals surface area contributed by atoms with E-state index in [4.69, 9.17) is 5.73 Å². The molecule has 0 aliphatic carbocycles. The van der Waals surface area contributed by atoms with Crippen molar-refractivity contribution in [1.29, 1.82) is 0 Å². The Morgan fingerprint density at radius 3 is 2.82 bits per heavy atom. The number of hydrogen-bond acceptors (Lipinski definition) is 4. The molecule has 0 spiro atoms. The Kier molecular flexibility index (Phi) is 2.16. The summed E-state index contributed by atoms with van der Waals surface area (Å²) in [6.07, 6.45) is 3.77. The van der Waals surface area contributed by atoms with Gasteiger partial charge in [0.2, 0.25) is 0 Å². The fourth-order valence-electron chi connectivity index (χ4n) is 1.84. The molecule has 0 amide bonds. The van der Waals surface area contributed by atoms with Crippen LogP contribution in [0.3, 0.4) is 0 Å². The molecule has 2 N–H and O–H groups in total. The number of aryl methyl sites for hydroxylation is 2. The van der Waals surface area contributed by atoms with Crippen molar-refractivity contribution >= 4 is 27.2 Å². The molecule has 0 bridgehead atoms. The second-order valence-corrected chi connectivity index (χ2v) is 5.31. The molecule has 1 aromatic carbocycles. The molecule has 2 heterocycles. The van der Waals surface area contributed by atoms with Crippen molar-refractivity contribution in [1.82, 2.24) is 14.8 Å². The maximum Gasteiger partial charge on any atom is 0.0907 e. The monoisotopic (exact) mass is 244 g/mol. The van der Waals surface area contributed by atoms with E-state index in [1.54, 1.807) is 16.0 Å². The van der Waals surface area contributed by atoms with Crippen LogP contribution >= 0.6 is 11.3 Å². The molecule has 3 aromatic rings. The SMILES string of the molecule is Cc1cnn(-c2cc3nc(C)sc3cc2N)c1. The summed E-state index contributed by atoms with van der Waals surface area (Å²) in [6, 6.07) is 3.95. The van der Waals surface area contributed by atoms with Crippen LogP contribution in [0.5, 0.6) is 0 Å². The van der Waals surface area contributed by atoms with E-state index < -0.39 is 0 Å². The van der Waals surface area contributed by atoms with Crippen molar-refractivity contribution in [2.24, 2.45) is 0 Å². The van der Waals surface area contributed by atoms with Gasteiger partial charge in [-0.2, -0.15) is 5.10 Å². The van der Waals surface area contributed by atoms with Gasteiger partial charge in [-0.1, -0.05) is 0 Å². The molecule has 0 unspecified atom stereocenters. The highest BCUT2D eigenvalue weighted by Gasteiger charge is 2.08. The number of nitrogen functional groups attached to an aromatic ring is 1. The molecule has 86 valence electrons. The van der Waals surface area contributed by atoms with Gasteiger partial charge < -0.3 is 5.73 Å². The minimum Gasteiger partial charge on any atom is -0.397 e. The number of anilines is 1. The number of fused-ring (bicyclic) bond motifs is 1. The van der Waals surface area contributed by atoms with Gasteiger partial charge in [-0.15, -0.1) is 11.3 Å². The molecule has 0 aliphatic heterocycles. The van der Waals surface area contributed by atoms with Crippen molar-refractivity contribution < 1.29 is 0 Å². The molecule has 4 nitrogen and oxygen atoms in total. The number of nitrogens with zero attached hydrogens (tertiary/aromatic N) is 3. The van der Waals surface area contributed by atoms with Gasteiger partial charge in [-0.25, -0.2) is 9.67 Å². The summed E-state index contributed by atoms with van der Waals surface area (Å²) in [5.74, 6) is 0. The Morgan fingerprint density at radius 1 is 1.29 bits per heavy atom. The second kappa shape index (κ2) is 3.56. The molecule has 0 aliphatic rings. The Morgan fingerprint density at radius 2 is 2.12 bits per heavy atom. The standard InChI is InChI=1S/C12H12N4S/c1-7-5-14-16(6-7)11-4-10-12(3-9(11)13)17-8(2)15-10/h3-6H,13H2,1-2H3. The number of hydrogen-bond donors (Lipinski definition) is 1. The van der Waals surface area contributed by atoms with Crippen LogP contribution in [0.25, 0.3) is 15.9 Å². The first-order chi connectivity index (χ1) is 8.13. The van der Waals surface area contributed by atoms with E-state index in [1.165, 1.54) is 0 Å². The van der Waals surface area contributed by atoms with Crippen LogP contribution < -0.4 is 5.73 Å². The third-order valence-corrected chi connectivity index (χ3v) is 3.54. The lowest BCUT2D eigenvalue weighted by Gasteiger charge is -2.05. The number of benzene rings is 1. The maximum atomic E-state index is 6.06. The molecule has 17 heavy (non-hydrogen) atoms. The van der Waals surface area contributed by atoms with Gasteiger partial charge in [0.15, 0.2) is 0 Å². The molecule has 2 aromatic heterocycles. The van der Waals surface area contributed by atoms with Crippen LogP contribution in [0.4, 0.5) is 5.69 Å². The molecule has 0 saturated carbocycles. The Bertz CT molecular complexity index is 696. The summed E-state index contributed by atoms with van der Waals surface area (Å²) < 4.78 is 2.91. The zero-order chi connectivity index (χ0) is 12.0. The van der Waals surface area contributed by atoms with Crippen LogP contribution in [0.1, 0.15) is 10.6 Å². The first-order valence-corrected chi connectivity index (χ1v) is 6.13. The molecule has 3 rings (SSSR count). The Balaban J connectivity index is 2.25. The molecule has 0 radical (unpaired) electrons. The van der Waals surface area contributed by atoms with Gasteiger partial charge >= 0.3 is 0 Å². The highest BCUT2D eigenvalue weighted by atomic mass is 32.1. The normalized spacial score (nSPS) is 11.2. The van der Waals surface area contributed by atoms with Crippen LogP contribution in [-0.2, 0) is 0 Å². The highest BCUT2D eigenvalue weighted by Crippen LogP contribution is 2.28. The van der Waals surface area contributed by atoms with Crippen LogP contribution in [-0.4, -0.2) is 14.8 Å². The lowest BCUT2D eigenvalue weighted by molar-refractivity contribution is 0.884. The van der Waals surface area contributed by atoms with Crippen molar-refractivity contribution in [3.05, 3.63) is 35.1 Å². The third-order valence-electron chi connectivity index (χ3n) is 2.60. The molecule has 5 heteroatoms. The summed E-state index contributed by atoms with van der Waals surface area (Å²) in [5, 5.41) is 5.32. The predicted octanol–water partition coefficient (Wildman–Crippen LogP) is 2.68. The maximum absolute atomic E-state index is 6.06.